The number of nitriles is 1. The summed E-state index contributed by atoms with van der Waals surface area (Å²) in [6.07, 6.45) is 1.34. The van der Waals surface area contributed by atoms with Crippen molar-refractivity contribution >= 4 is 22.7 Å². The van der Waals surface area contributed by atoms with E-state index in [9.17, 15) is 4.79 Å². The summed E-state index contributed by atoms with van der Waals surface area (Å²) in [4.78, 5) is 12.5. The Kier molecular flexibility index (Phi) is 3.18. The first-order chi connectivity index (χ1) is 8.43. The number of benzene rings is 1. The number of nitrogens with zero attached hydrogens (tertiary/aromatic N) is 1. The fourth-order valence-electron chi connectivity index (χ4n) is 1.70. The van der Waals surface area contributed by atoms with Crippen LogP contribution in [0.3, 0.4) is 0 Å². The van der Waals surface area contributed by atoms with Gasteiger partial charge in [0.2, 0.25) is 5.43 Å². The predicted molar refractivity (Wildman–Crippen MR) is 72.7 cm³/mol. The minimum atomic E-state index is -0.145. The summed E-state index contributed by atoms with van der Waals surface area (Å²) < 4.78 is 5.37. The molecular weight excluding hydrogens is 246 g/mol. The van der Waals surface area contributed by atoms with E-state index < -0.39 is 0 Å². The highest BCUT2D eigenvalue weighted by Gasteiger charge is 2.16. The molecule has 0 atom stereocenters. The molecule has 0 aliphatic heterocycles. The van der Waals surface area contributed by atoms with Gasteiger partial charge >= 0.3 is 0 Å². The molecule has 4 heteroatoms. The Morgan fingerprint density at radius 2 is 2.06 bits per heavy atom. The van der Waals surface area contributed by atoms with Crippen molar-refractivity contribution in [1.29, 1.82) is 5.26 Å². The van der Waals surface area contributed by atoms with Crippen LogP contribution < -0.4 is 5.43 Å². The van der Waals surface area contributed by atoms with E-state index in [0.717, 1.165) is 17.3 Å². The monoisotopic (exact) mass is 259 g/mol. The molecule has 0 bridgehead atoms. The molecular formula is C14H13NO2S. The van der Waals surface area contributed by atoms with Gasteiger partial charge in [0.1, 0.15) is 22.1 Å². The van der Waals surface area contributed by atoms with Crippen LogP contribution in [0.2, 0.25) is 0 Å². The van der Waals surface area contributed by atoms with Crippen molar-refractivity contribution in [2.24, 2.45) is 0 Å². The van der Waals surface area contributed by atoms with E-state index in [1.807, 2.05) is 17.5 Å². The van der Waals surface area contributed by atoms with Crippen LogP contribution in [-0.2, 0) is 5.41 Å². The zero-order valence-corrected chi connectivity index (χ0v) is 11.3. The molecule has 1 aromatic carbocycles. The van der Waals surface area contributed by atoms with Crippen molar-refractivity contribution < 1.29 is 4.42 Å². The quantitative estimate of drug-likeness (QED) is 0.579. The lowest BCUT2D eigenvalue weighted by atomic mass is 9.86. The first kappa shape index (κ1) is 12.7. The van der Waals surface area contributed by atoms with E-state index in [-0.39, 0.29) is 10.8 Å². The second-order valence-corrected chi connectivity index (χ2v) is 5.91. The number of hydrogen-bond donors (Lipinski definition) is 0. The van der Waals surface area contributed by atoms with Crippen LogP contribution in [0.15, 0.2) is 38.6 Å². The maximum absolute atomic E-state index is 12.2. The van der Waals surface area contributed by atoms with Gasteiger partial charge in [0.05, 0.1) is 5.39 Å². The predicted octanol–water partition coefficient (Wildman–Crippen LogP) is 3.66. The molecule has 0 amide bonds. The maximum atomic E-state index is 12.2. The Hall–Kier alpha value is -1.73. The number of thioether (sulfide) groups is 1. The van der Waals surface area contributed by atoms with Crippen LogP contribution in [0.5, 0.6) is 0 Å². The Morgan fingerprint density at radius 3 is 2.67 bits per heavy atom. The van der Waals surface area contributed by atoms with E-state index in [2.05, 4.69) is 20.8 Å². The average molecular weight is 259 g/mol. The molecule has 0 saturated carbocycles. The molecule has 1 aromatic heterocycles. The van der Waals surface area contributed by atoms with Crippen molar-refractivity contribution in [2.45, 2.75) is 31.1 Å². The van der Waals surface area contributed by atoms with E-state index in [1.165, 1.54) is 6.26 Å². The largest absolute Gasteiger partial charge is 0.463 e. The van der Waals surface area contributed by atoms with Gasteiger partial charge in [-0.05, 0) is 34.9 Å². The highest BCUT2D eigenvalue weighted by atomic mass is 32.2. The number of hydrogen-bond acceptors (Lipinski definition) is 4. The van der Waals surface area contributed by atoms with Crippen molar-refractivity contribution in [2.75, 3.05) is 0 Å². The summed E-state index contributed by atoms with van der Waals surface area (Å²) in [5.41, 5.74) is 1.45. The molecule has 0 aliphatic rings. The molecule has 0 fully saturated rings. The molecule has 3 nitrogen and oxygen atoms in total. The van der Waals surface area contributed by atoms with Gasteiger partial charge in [-0.1, -0.05) is 26.8 Å². The Bertz CT molecular complexity index is 689. The van der Waals surface area contributed by atoms with Gasteiger partial charge in [-0.3, -0.25) is 4.79 Å². The van der Waals surface area contributed by atoms with E-state index in [0.29, 0.717) is 15.9 Å². The van der Waals surface area contributed by atoms with Crippen LogP contribution in [0.25, 0.3) is 11.0 Å². The summed E-state index contributed by atoms with van der Waals surface area (Å²) in [6.45, 7) is 6.26. The third kappa shape index (κ3) is 2.27. The van der Waals surface area contributed by atoms with Crippen molar-refractivity contribution in [3.05, 3.63) is 40.2 Å². The van der Waals surface area contributed by atoms with Crippen molar-refractivity contribution in [1.82, 2.24) is 0 Å². The topological polar surface area (TPSA) is 54.0 Å². The lowest BCUT2D eigenvalue weighted by Crippen LogP contribution is -2.12. The Balaban J connectivity index is 2.72. The Morgan fingerprint density at radius 1 is 1.33 bits per heavy atom. The SMILES string of the molecule is CC(C)(C)c1ccc2occ(SC#N)c(=O)c2c1. The van der Waals surface area contributed by atoms with Gasteiger partial charge in [0.15, 0.2) is 0 Å². The average Bonchev–Trinajstić information content (AvgIpc) is 2.31. The highest BCUT2D eigenvalue weighted by molar-refractivity contribution is 8.03. The summed E-state index contributed by atoms with van der Waals surface area (Å²) in [5, 5.41) is 11.1. The first-order valence-electron chi connectivity index (χ1n) is 5.55. The van der Waals surface area contributed by atoms with Crippen molar-refractivity contribution in [3.63, 3.8) is 0 Å². The Labute approximate surface area is 109 Å². The third-order valence-electron chi connectivity index (χ3n) is 2.76. The minimum absolute atomic E-state index is 0.0288. The van der Waals surface area contributed by atoms with Gasteiger partial charge < -0.3 is 4.42 Å². The fraction of sp³-hybridized carbons (Fsp3) is 0.286. The molecule has 0 N–H and O–H groups in total. The van der Waals surface area contributed by atoms with Crippen molar-refractivity contribution in [3.8, 4) is 5.40 Å². The van der Waals surface area contributed by atoms with Crippen LogP contribution in [0, 0.1) is 10.7 Å². The molecule has 0 saturated heterocycles. The van der Waals surface area contributed by atoms with Crippen LogP contribution in [0.1, 0.15) is 26.3 Å². The summed E-state index contributed by atoms with van der Waals surface area (Å²) in [7, 11) is 0. The molecule has 92 valence electrons. The standard InChI is InChI=1S/C14H13NO2S/c1-14(2,3)9-4-5-11-10(6-9)13(16)12(7-17-11)18-8-15/h4-7H,1-3H3. The van der Waals surface area contributed by atoms with Gasteiger partial charge in [-0.25, -0.2) is 0 Å². The van der Waals surface area contributed by atoms with Crippen LogP contribution in [0.4, 0.5) is 0 Å². The summed E-state index contributed by atoms with van der Waals surface area (Å²) >= 11 is 0.829. The second-order valence-electron chi connectivity index (χ2n) is 5.08. The second kappa shape index (κ2) is 4.51. The maximum Gasteiger partial charge on any atom is 0.207 e. The van der Waals surface area contributed by atoms with E-state index >= 15 is 0 Å². The normalized spacial score (nSPS) is 11.4. The summed E-state index contributed by atoms with van der Waals surface area (Å²) in [6, 6.07) is 5.61. The van der Waals surface area contributed by atoms with Gasteiger partial charge in [-0.2, -0.15) is 5.26 Å². The smallest absolute Gasteiger partial charge is 0.207 e. The zero-order valence-electron chi connectivity index (χ0n) is 10.5. The lowest BCUT2D eigenvalue weighted by Gasteiger charge is -2.19. The van der Waals surface area contributed by atoms with Crippen LogP contribution in [-0.4, -0.2) is 0 Å². The molecule has 0 unspecified atom stereocenters. The van der Waals surface area contributed by atoms with E-state index in [1.54, 1.807) is 6.07 Å². The number of fused-ring (bicyclic) bond motifs is 1. The van der Waals surface area contributed by atoms with Crippen LogP contribution >= 0.6 is 11.8 Å². The molecule has 18 heavy (non-hydrogen) atoms. The minimum Gasteiger partial charge on any atom is -0.463 e. The zero-order chi connectivity index (χ0) is 13.3. The highest BCUT2D eigenvalue weighted by Crippen LogP contribution is 2.26. The molecule has 1 heterocycles. The number of rotatable bonds is 1. The molecule has 0 radical (unpaired) electrons. The first-order valence-corrected chi connectivity index (χ1v) is 6.37. The molecule has 0 spiro atoms. The summed E-state index contributed by atoms with van der Waals surface area (Å²) in [5.74, 6) is 0. The molecule has 0 aliphatic carbocycles. The fourth-order valence-corrected chi connectivity index (χ4v) is 2.10. The molecule has 2 rings (SSSR count). The third-order valence-corrected chi connectivity index (χ3v) is 3.36. The van der Waals surface area contributed by atoms with Gasteiger partial charge in [0, 0.05) is 0 Å². The number of thiocyanates is 1. The lowest BCUT2D eigenvalue weighted by molar-refractivity contribution is 0.579. The van der Waals surface area contributed by atoms with Gasteiger partial charge in [0.25, 0.3) is 0 Å². The van der Waals surface area contributed by atoms with E-state index in [4.69, 9.17) is 9.68 Å². The van der Waals surface area contributed by atoms with Gasteiger partial charge in [-0.15, -0.1) is 0 Å². The molecule has 2 aromatic rings.